The van der Waals surface area contributed by atoms with Gasteiger partial charge in [-0.1, -0.05) is 23.7 Å². The molecule has 0 bridgehead atoms. The molecular weight excluding hydrogens is 274 g/mol. The zero-order valence-electron chi connectivity index (χ0n) is 11.1. The molecule has 1 aliphatic heterocycles. The number of hydrogen-bond donors (Lipinski definition) is 0. The summed E-state index contributed by atoms with van der Waals surface area (Å²) < 4.78 is 5.20. The van der Waals surface area contributed by atoms with Gasteiger partial charge in [-0.05, 0) is 42.3 Å². The van der Waals surface area contributed by atoms with Gasteiger partial charge in [-0.25, -0.2) is 0 Å². The predicted molar refractivity (Wildman–Crippen MR) is 79.8 cm³/mol. The largest absolute Gasteiger partial charge is 0.497 e. The van der Waals surface area contributed by atoms with E-state index in [0.717, 1.165) is 29.0 Å². The number of para-hydroxylation sites is 1. The van der Waals surface area contributed by atoms with Crippen molar-refractivity contribution in [1.29, 1.82) is 0 Å². The van der Waals surface area contributed by atoms with Gasteiger partial charge in [0.05, 0.1) is 17.8 Å². The molecule has 0 spiro atoms. The quantitative estimate of drug-likeness (QED) is 0.845. The molecule has 0 unspecified atom stereocenters. The lowest BCUT2D eigenvalue weighted by Crippen LogP contribution is -2.37. The number of methoxy groups -OCH3 is 1. The molecule has 0 aromatic heterocycles. The minimum atomic E-state index is -0.0120. The Hall–Kier alpha value is -2.00. The van der Waals surface area contributed by atoms with Crippen LogP contribution in [0.25, 0.3) is 0 Å². The van der Waals surface area contributed by atoms with Crippen molar-refractivity contribution in [1.82, 2.24) is 0 Å². The predicted octanol–water partition coefficient (Wildman–Crippen LogP) is 3.55. The molecule has 0 atom stereocenters. The van der Waals surface area contributed by atoms with E-state index >= 15 is 0 Å². The van der Waals surface area contributed by atoms with Crippen LogP contribution in [0.15, 0.2) is 42.5 Å². The SMILES string of the molecule is COc1ccc2c(c1)CCN(c1ccccc1Cl)C2=O. The molecule has 20 heavy (non-hydrogen) atoms. The van der Waals surface area contributed by atoms with E-state index in [1.165, 1.54) is 0 Å². The van der Waals surface area contributed by atoms with Crippen molar-refractivity contribution in [2.75, 3.05) is 18.6 Å². The summed E-state index contributed by atoms with van der Waals surface area (Å²) in [5, 5.41) is 0.595. The number of nitrogens with zero attached hydrogens (tertiary/aromatic N) is 1. The van der Waals surface area contributed by atoms with Crippen LogP contribution in [0.1, 0.15) is 15.9 Å². The lowest BCUT2D eigenvalue weighted by molar-refractivity contribution is 0.0980. The van der Waals surface area contributed by atoms with Gasteiger partial charge in [0.2, 0.25) is 0 Å². The van der Waals surface area contributed by atoms with Gasteiger partial charge in [-0.2, -0.15) is 0 Å². The third-order valence-corrected chi connectivity index (χ3v) is 3.86. The van der Waals surface area contributed by atoms with Crippen LogP contribution in [-0.2, 0) is 6.42 Å². The lowest BCUT2D eigenvalue weighted by atomic mass is 9.98. The summed E-state index contributed by atoms with van der Waals surface area (Å²) in [5.41, 5.74) is 2.51. The van der Waals surface area contributed by atoms with Crippen molar-refractivity contribution in [3.8, 4) is 5.75 Å². The summed E-state index contributed by atoms with van der Waals surface area (Å²) >= 11 is 6.18. The minimum absolute atomic E-state index is 0.0120. The first-order valence-corrected chi connectivity index (χ1v) is 6.82. The van der Waals surface area contributed by atoms with Crippen LogP contribution in [0.4, 0.5) is 5.69 Å². The van der Waals surface area contributed by atoms with Gasteiger partial charge in [0.25, 0.3) is 5.91 Å². The van der Waals surface area contributed by atoms with Crippen LogP contribution >= 0.6 is 11.6 Å². The third kappa shape index (κ3) is 2.14. The highest BCUT2D eigenvalue weighted by molar-refractivity contribution is 6.34. The maximum Gasteiger partial charge on any atom is 0.258 e. The Bertz CT molecular complexity index is 669. The molecule has 0 fully saturated rings. The summed E-state index contributed by atoms with van der Waals surface area (Å²) in [6.07, 6.45) is 0.795. The Kier molecular flexibility index (Phi) is 3.36. The van der Waals surface area contributed by atoms with Crippen LogP contribution < -0.4 is 9.64 Å². The topological polar surface area (TPSA) is 29.5 Å². The average molecular weight is 288 g/mol. The number of amides is 1. The Balaban J connectivity index is 1.99. The fourth-order valence-electron chi connectivity index (χ4n) is 2.49. The molecule has 2 aromatic rings. The van der Waals surface area contributed by atoms with Gasteiger partial charge in [0.15, 0.2) is 0 Å². The van der Waals surface area contributed by atoms with Gasteiger partial charge >= 0.3 is 0 Å². The smallest absolute Gasteiger partial charge is 0.258 e. The molecule has 3 rings (SSSR count). The molecule has 3 nitrogen and oxygen atoms in total. The molecule has 0 radical (unpaired) electrons. The van der Waals surface area contributed by atoms with Crippen LogP contribution in [0.5, 0.6) is 5.75 Å². The summed E-state index contributed by atoms with van der Waals surface area (Å²) in [7, 11) is 1.63. The zero-order chi connectivity index (χ0) is 14.1. The van der Waals surface area contributed by atoms with E-state index in [9.17, 15) is 4.79 Å². The van der Waals surface area contributed by atoms with E-state index < -0.39 is 0 Å². The monoisotopic (exact) mass is 287 g/mol. The zero-order valence-corrected chi connectivity index (χ0v) is 11.9. The molecule has 102 valence electrons. The van der Waals surface area contributed by atoms with Crippen LogP contribution in [0, 0.1) is 0 Å². The Morgan fingerprint density at radius 3 is 2.75 bits per heavy atom. The molecule has 2 aromatic carbocycles. The number of hydrogen-bond acceptors (Lipinski definition) is 2. The highest BCUT2D eigenvalue weighted by Crippen LogP contribution is 2.31. The number of halogens is 1. The first-order valence-electron chi connectivity index (χ1n) is 6.44. The van der Waals surface area contributed by atoms with Gasteiger partial charge in [-0.15, -0.1) is 0 Å². The lowest BCUT2D eigenvalue weighted by Gasteiger charge is -2.29. The molecule has 0 saturated heterocycles. The molecule has 1 aliphatic rings. The highest BCUT2D eigenvalue weighted by Gasteiger charge is 2.26. The Morgan fingerprint density at radius 2 is 2.00 bits per heavy atom. The summed E-state index contributed by atoms with van der Waals surface area (Å²) in [4.78, 5) is 14.3. The van der Waals surface area contributed by atoms with E-state index in [-0.39, 0.29) is 5.91 Å². The molecule has 0 saturated carbocycles. The van der Waals surface area contributed by atoms with Crippen LogP contribution in [0.2, 0.25) is 5.02 Å². The fourth-order valence-corrected chi connectivity index (χ4v) is 2.73. The number of ether oxygens (including phenoxy) is 1. The molecule has 4 heteroatoms. The van der Waals surface area contributed by atoms with Gasteiger partial charge in [-0.3, -0.25) is 4.79 Å². The summed E-state index contributed by atoms with van der Waals surface area (Å²) in [6, 6.07) is 13.0. The average Bonchev–Trinajstić information content (AvgIpc) is 2.48. The van der Waals surface area contributed by atoms with Gasteiger partial charge in [0, 0.05) is 12.1 Å². The van der Waals surface area contributed by atoms with E-state index in [4.69, 9.17) is 16.3 Å². The van der Waals surface area contributed by atoms with Crippen LogP contribution in [0.3, 0.4) is 0 Å². The molecule has 0 N–H and O–H groups in total. The molecular formula is C16H14ClNO2. The van der Waals surface area contributed by atoms with Gasteiger partial charge < -0.3 is 9.64 Å². The number of fused-ring (bicyclic) bond motifs is 1. The van der Waals surface area contributed by atoms with Crippen molar-refractivity contribution in [3.63, 3.8) is 0 Å². The van der Waals surface area contributed by atoms with Crippen molar-refractivity contribution in [3.05, 3.63) is 58.6 Å². The molecule has 1 heterocycles. The maximum atomic E-state index is 12.6. The van der Waals surface area contributed by atoms with Crippen molar-refractivity contribution in [2.24, 2.45) is 0 Å². The number of anilines is 1. The Labute approximate surface area is 122 Å². The first kappa shape index (κ1) is 13.0. The fraction of sp³-hybridized carbons (Fsp3) is 0.188. The van der Waals surface area contributed by atoms with Crippen molar-refractivity contribution < 1.29 is 9.53 Å². The third-order valence-electron chi connectivity index (χ3n) is 3.54. The second kappa shape index (κ2) is 5.17. The number of benzene rings is 2. The normalized spacial score (nSPS) is 14.1. The van der Waals surface area contributed by atoms with Gasteiger partial charge in [0.1, 0.15) is 5.75 Å². The second-order valence-electron chi connectivity index (χ2n) is 4.68. The standard InChI is InChI=1S/C16H14ClNO2/c1-20-12-6-7-13-11(10-12)8-9-18(16(13)19)15-5-3-2-4-14(15)17/h2-7,10H,8-9H2,1H3. The van der Waals surface area contributed by atoms with E-state index in [1.54, 1.807) is 18.1 Å². The van der Waals surface area contributed by atoms with Crippen molar-refractivity contribution >= 4 is 23.2 Å². The number of rotatable bonds is 2. The van der Waals surface area contributed by atoms with Crippen molar-refractivity contribution in [2.45, 2.75) is 6.42 Å². The number of carbonyl (C=O) groups excluding carboxylic acids is 1. The Morgan fingerprint density at radius 1 is 1.20 bits per heavy atom. The van der Waals surface area contributed by atoms with E-state index in [1.807, 2.05) is 36.4 Å². The molecule has 1 amide bonds. The second-order valence-corrected chi connectivity index (χ2v) is 5.09. The molecule has 0 aliphatic carbocycles. The number of carbonyl (C=O) groups is 1. The summed E-state index contributed by atoms with van der Waals surface area (Å²) in [5.74, 6) is 0.768. The first-order chi connectivity index (χ1) is 9.70. The highest BCUT2D eigenvalue weighted by atomic mass is 35.5. The van der Waals surface area contributed by atoms with Crippen LogP contribution in [-0.4, -0.2) is 19.6 Å². The van der Waals surface area contributed by atoms with E-state index in [0.29, 0.717) is 11.6 Å². The van der Waals surface area contributed by atoms with E-state index in [2.05, 4.69) is 0 Å². The minimum Gasteiger partial charge on any atom is -0.497 e. The summed E-state index contributed by atoms with van der Waals surface area (Å²) in [6.45, 7) is 0.628. The maximum absolute atomic E-state index is 12.6.